The van der Waals surface area contributed by atoms with Gasteiger partial charge in [-0.05, 0) is 6.92 Å². The molecule has 0 aliphatic rings. The van der Waals surface area contributed by atoms with Crippen molar-refractivity contribution in [3.05, 3.63) is 12.2 Å². The zero-order chi connectivity index (χ0) is 12.1. The zero-order valence-electron chi connectivity index (χ0n) is 7.67. The predicted octanol–water partition coefficient (Wildman–Crippen LogP) is -1.02. The Balaban J connectivity index is -0.000000135. The lowest BCUT2D eigenvalue weighted by molar-refractivity contribution is -0.132. The fraction of sp³-hybridized carbons (Fsp3) is 0.500. The van der Waals surface area contributed by atoms with Crippen LogP contribution in [-0.2, 0) is 9.36 Å². The van der Waals surface area contributed by atoms with Gasteiger partial charge in [0.1, 0.15) is 0 Å². The minimum atomic E-state index is -3.13. The second kappa shape index (κ2) is 14.8. The molecule has 0 saturated carbocycles. The number of aliphatic hydroxyl groups is 2. The van der Waals surface area contributed by atoms with Gasteiger partial charge in [0, 0.05) is 5.57 Å². The van der Waals surface area contributed by atoms with Crippen molar-refractivity contribution in [2.75, 3.05) is 13.2 Å². The molecule has 0 aromatic carbocycles. The number of hydrogen-bond donors (Lipinski definition) is 5. The lowest BCUT2D eigenvalue weighted by Gasteiger charge is -1.79. The van der Waals surface area contributed by atoms with Crippen molar-refractivity contribution >= 4 is 14.2 Å². The second-order valence-corrected chi connectivity index (χ2v) is 2.38. The van der Waals surface area contributed by atoms with Gasteiger partial charge in [0.25, 0.3) is 0 Å². The molecule has 0 spiro atoms. The highest BCUT2D eigenvalue weighted by Gasteiger charge is 1.90. The molecule has 0 radical (unpaired) electrons. The van der Waals surface area contributed by atoms with E-state index in [1.54, 1.807) is 0 Å². The highest BCUT2D eigenvalue weighted by atomic mass is 31.1. The Morgan fingerprint density at radius 3 is 1.43 bits per heavy atom. The van der Waals surface area contributed by atoms with Crippen molar-refractivity contribution in [3.63, 3.8) is 0 Å². The van der Waals surface area contributed by atoms with E-state index in [1.165, 1.54) is 6.92 Å². The highest BCUT2D eigenvalue weighted by Crippen LogP contribution is 1.98. The van der Waals surface area contributed by atoms with Gasteiger partial charge < -0.3 is 25.1 Å². The Labute approximate surface area is 81.9 Å². The summed E-state index contributed by atoms with van der Waals surface area (Å²) >= 11 is 0. The molecule has 0 rings (SSSR count). The van der Waals surface area contributed by atoms with Crippen LogP contribution in [0.4, 0.5) is 0 Å². The quantitative estimate of drug-likeness (QED) is 0.302. The van der Waals surface area contributed by atoms with E-state index >= 15 is 0 Å². The summed E-state index contributed by atoms with van der Waals surface area (Å²) in [6.07, 6.45) is 0. The van der Waals surface area contributed by atoms with Crippen LogP contribution in [-0.4, -0.2) is 44.3 Å². The first-order chi connectivity index (χ1) is 6.29. The first-order valence-corrected chi connectivity index (χ1v) is 4.62. The third kappa shape index (κ3) is 65.1. The van der Waals surface area contributed by atoms with Gasteiger partial charge in [-0.1, -0.05) is 6.58 Å². The van der Waals surface area contributed by atoms with E-state index in [1.807, 2.05) is 0 Å². The van der Waals surface area contributed by atoms with Gasteiger partial charge in [0.2, 0.25) is 0 Å². The van der Waals surface area contributed by atoms with Crippen LogP contribution in [0.15, 0.2) is 12.2 Å². The smallest absolute Gasteiger partial charge is 0.330 e. The Bertz CT molecular complexity index is 161. The van der Waals surface area contributed by atoms with Crippen LogP contribution < -0.4 is 0 Å². The lowest BCUT2D eigenvalue weighted by Crippen LogP contribution is -1.92. The van der Waals surface area contributed by atoms with Crippen LogP contribution in [0.1, 0.15) is 6.92 Å². The Kier molecular flexibility index (Phi) is 20.0. The summed E-state index contributed by atoms with van der Waals surface area (Å²) in [5.74, 6) is -0.935. The van der Waals surface area contributed by atoms with E-state index < -0.39 is 14.2 Å². The first-order valence-electron chi connectivity index (χ1n) is 3.32. The molecule has 8 heteroatoms. The number of rotatable bonds is 2. The predicted molar refractivity (Wildman–Crippen MR) is 50.1 cm³/mol. The van der Waals surface area contributed by atoms with Crippen molar-refractivity contribution < 1.29 is 34.5 Å². The topological polar surface area (TPSA) is 135 Å². The van der Waals surface area contributed by atoms with E-state index in [-0.39, 0.29) is 18.8 Å². The molecular formula is C6H15O7P. The van der Waals surface area contributed by atoms with E-state index in [2.05, 4.69) is 6.58 Å². The Morgan fingerprint density at radius 2 is 1.43 bits per heavy atom. The molecular weight excluding hydrogens is 215 g/mol. The molecule has 14 heavy (non-hydrogen) atoms. The maximum atomic E-state index is 9.60. The van der Waals surface area contributed by atoms with Crippen LogP contribution in [0.5, 0.6) is 0 Å². The van der Waals surface area contributed by atoms with Crippen molar-refractivity contribution in [2.45, 2.75) is 6.92 Å². The number of carbonyl (C=O) groups is 1. The van der Waals surface area contributed by atoms with Gasteiger partial charge in [0.05, 0.1) is 13.2 Å². The van der Waals surface area contributed by atoms with Gasteiger partial charge in [-0.2, -0.15) is 0 Å². The Hall–Kier alpha value is -0.720. The van der Waals surface area contributed by atoms with Gasteiger partial charge in [0.15, 0.2) is 0 Å². The fourth-order valence-corrected chi connectivity index (χ4v) is 0. The number of carboxylic acid groups (broad SMARTS) is 1. The molecule has 7 nitrogen and oxygen atoms in total. The van der Waals surface area contributed by atoms with Crippen LogP contribution in [0, 0.1) is 0 Å². The lowest BCUT2D eigenvalue weighted by atomic mass is 10.4. The molecule has 86 valence electrons. The summed E-state index contributed by atoms with van der Waals surface area (Å²) in [7, 11) is -3.13. The molecule has 0 aromatic heterocycles. The third-order valence-corrected chi connectivity index (χ3v) is 0.465. The number of aliphatic hydroxyl groups excluding tert-OH is 2. The van der Waals surface area contributed by atoms with Crippen LogP contribution in [0.3, 0.4) is 0 Å². The minimum absolute atomic E-state index is 0.125. The molecule has 5 N–H and O–H groups in total. The third-order valence-electron chi connectivity index (χ3n) is 0.465. The zero-order valence-corrected chi connectivity index (χ0v) is 8.67. The molecule has 0 heterocycles. The molecule has 0 aliphatic carbocycles. The van der Waals surface area contributed by atoms with Crippen molar-refractivity contribution in [1.29, 1.82) is 0 Å². The van der Waals surface area contributed by atoms with Crippen molar-refractivity contribution in [2.24, 2.45) is 0 Å². The summed E-state index contributed by atoms with van der Waals surface area (Å²) < 4.78 is 8.74. The highest BCUT2D eigenvalue weighted by molar-refractivity contribution is 7.30. The van der Waals surface area contributed by atoms with E-state index in [4.69, 9.17) is 29.7 Å². The summed E-state index contributed by atoms with van der Waals surface area (Å²) in [6.45, 7) is 4.35. The standard InChI is InChI=1S/C4H6O2.C2H6O2.H3O3P/c1-3(2)4(5)6;3-1-2-4;1-4(2)3/h1H2,2H3,(H,5,6);3-4H,1-2H2;4H,(H2,1,2,3). The maximum absolute atomic E-state index is 9.60. The first kappa shape index (κ1) is 18.9. The van der Waals surface area contributed by atoms with Crippen LogP contribution in [0.25, 0.3) is 0 Å². The summed E-state index contributed by atoms with van der Waals surface area (Å²) in [6, 6.07) is 0. The molecule has 0 unspecified atom stereocenters. The number of aliphatic carboxylic acids is 1. The normalized spacial score (nSPS) is 7.86. The van der Waals surface area contributed by atoms with Gasteiger partial charge in [-0.15, -0.1) is 0 Å². The second-order valence-electron chi connectivity index (χ2n) is 1.82. The molecule has 0 aliphatic heterocycles. The molecule has 0 atom stereocenters. The monoisotopic (exact) mass is 230 g/mol. The van der Waals surface area contributed by atoms with Crippen molar-refractivity contribution in [1.82, 2.24) is 0 Å². The summed E-state index contributed by atoms with van der Waals surface area (Å²) in [5.41, 5.74) is 0.176. The van der Waals surface area contributed by atoms with E-state index in [0.717, 1.165) is 0 Å². The molecule has 0 amide bonds. The largest absolute Gasteiger partial charge is 0.478 e. The SMILES string of the molecule is C=C(C)C(=O)O.O=[PH](O)O.OCCO. The average Bonchev–Trinajstić information content (AvgIpc) is 2.03. The van der Waals surface area contributed by atoms with Crippen LogP contribution >= 0.6 is 8.25 Å². The molecule has 0 bridgehead atoms. The molecule has 0 saturated heterocycles. The van der Waals surface area contributed by atoms with E-state index in [9.17, 15) is 4.79 Å². The number of carboxylic acids is 1. The maximum Gasteiger partial charge on any atom is 0.330 e. The van der Waals surface area contributed by atoms with Gasteiger partial charge in [-0.25, -0.2) is 4.79 Å². The molecule has 0 aromatic rings. The van der Waals surface area contributed by atoms with Crippen LogP contribution in [0.2, 0.25) is 0 Å². The minimum Gasteiger partial charge on any atom is -0.478 e. The van der Waals surface area contributed by atoms with Gasteiger partial charge in [-0.3, -0.25) is 4.57 Å². The summed E-state index contributed by atoms with van der Waals surface area (Å²) in [5, 5.41) is 23.1. The Morgan fingerprint density at radius 1 is 1.29 bits per heavy atom. The van der Waals surface area contributed by atoms with E-state index in [0.29, 0.717) is 0 Å². The molecule has 0 fully saturated rings. The fourth-order valence-electron chi connectivity index (χ4n) is 0. The summed E-state index contributed by atoms with van der Waals surface area (Å²) in [4.78, 5) is 23.9. The van der Waals surface area contributed by atoms with Gasteiger partial charge >= 0.3 is 14.2 Å². The number of hydrogen-bond acceptors (Lipinski definition) is 4. The van der Waals surface area contributed by atoms with Crippen molar-refractivity contribution in [3.8, 4) is 0 Å². The average molecular weight is 230 g/mol.